The van der Waals surface area contributed by atoms with E-state index in [0.29, 0.717) is 19.4 Å². The fraction of sp³-hybridized carbons (Fsp3) is 0.529. The summed E-state index contributed by atoms with van der Waals surface area (Å²) in [5, 5.41) is 0. The number of amides is 2. The molecule has 2 heterocycles. The third-order valence-electron chi connectivity index (χ3n) is 4.78. The Morgan fingerprint density at radius 1 is 1.24 bits per heavy atom. The van der Waals surface area contributed by atoms with Crippen molar-refractivity contribution in [2.45, 2.75) is 37.6 Å². The van der Waals surface area contributed by atoms with Crippen molar-refractivity contribution in [1.82, 2.24) is 9.80 Å². The SMILES string of the molecule is CN1CC2(CCCCN2C(=O)Cc2ccccc2)CC1=O. The Morgan fingerprint density at radius 3 is 2.67 bits per heavy atom. The van der Waals surface area contributed by atoms with Gasteiger partial charge in [-0.2, -0.15) is 0 Å². The summed E-state index contributed by atoms with van der Waals surface area (Å²) in [5.41, 5.74) is 0.788. The largest absolute Gasteiger partial charge is 0.343 e. The Hall–Kier alpha value is -1.84. The van der Waals surface area contributed by atoms with Gasteiger partial charge in [-0.25, -0.2) is 0 Å². The number of likely N-dealkylation sites (tertiary alicyclic amines) is 2. The Kier molecular flexibility index (Phi) is 3.70. The zero-order valence-corrected chi connectivity index (χ0v) is 12.5. The topological polar surface area (TPSA) is 40.6 Å². The summed E-state index contributed by atoms with van der Waals surface area (Å²) in [6.45, 7) is 1.47. The van der Waals surface area contributed by atoms with Gasteiger partial charge in [0.1, 0.15) is 0 Å². The fourth-order valence-corrected chi connectivity index (χ4v) is 3.70. The summed E-state index contributed by atoms with van der Waals surface area (Å²) in [7, 11) is 1.84. The van der Waals surface area contributed by atoms with Crippen molar-refractivity contribution in [2.24, 2.45) is 0 Å². The van der Waals surface area contributed by atoms with Gasteiger partial charge in [0.05, 0.1) is 18.4 Å². The van der Waals surface area contributed by atoms with Gasteiger partial charge in [-0.05, 0) is 24.8 Å². The molecule has 0 aromatic heterocycles. The molecule has 0 aliphatic carbocycles. The minimum absolute atomic E-state index is 0.156. The number of carbonyl (C=O) groups excluding carboxylic acids is 2. The quantitative estimate of drug-likeness (QED) is 0.832. The summed E-state index contributed by atoms with van der Waals surface area (Å²) in [6.07, 6.45) is 4.02. The molecule has 3 rings (SSSR count). The van der Waals surface area contributed by atoms with Crippen LogP contribution in [0.3, 0.4) is 0 Å². The van der Waals surface area contributed by atoms with E-state index in [4.69, 9.17) is 0 Å². The van der Waals surface area contributed by atoms with Gasteiger partial charge in [0.25, 0.3) is 0 Å². The molecule has 21 heavy (non-hydrogen) atoms. The molecule has 2 aliphatic heterocycles. The number of hydrogen-bond acceptors (Lipinski definition) is 2. The van der Waals surface area contributed by atoms with Crippen molar-refractivity contribution in [3.8, 4) is 0 Å². The van der Waals surface area contributed by atoms with Crippen LogP contribution in [0.5, 0.6) is 0 Å². The first-order valence-electron chi connectivity index (χ1n) is 7.69. The van der Waals surface area contributed by atoms with Crippen LogP contribution in [0.1, 0.15) is 31.2 Å². The van der Waals surface area contributed by atoms with Gasteiger partial charge < -0.3 is 9.80 Å². The minimum Gasteiger partial charge on any atom is -0.343 e. The molecule has 4 nitrogen and oxygen atoms in total. The predicted octanol–water partition coefficient (Wildman–Crippen LogP) is 1.84. The molecule has 0 N–H and O–H groups in total. The molecule has 0 radical (unpaired) electrons. The summed E-state index contributed by atoms with van der Waals surface area (Å²) >= 11 is 0. The minimum atomic E-state index is -0.254. The predicted molar refractivity (Wildman–Crippen MR) is 80.7 cm³/mol. The van der Waals surface area contributed by atoms with E-state index in [0.717, 1.165) is 31.4 Å². The lowest BCUT2D eigenvalue weighted by Gasteiger charge is -2.44. The number of piperidine rings is 1. The number of hydrogen-bond donors (Lipinski definition) is 0. The van der Waals surface area contributed by atoms with E-state index in [-0.39, 0.29) is 17.4 Å². The maximum absolute atomic E-state index is 12.7. The number of nitrogens with zero attached hydrogens (tertiary/aromatic N) is 2. The first kappa shape index (κ1) is 14.1. The molecule has 1 aromatic rings. The second kappa shape index (κ2) is 5.51. The lowest BCUT2D eigenvalue weighted by molar-refractivity contribution is -0.138. The van der Waals surface area contributed by atoms with Crippen molar-refractivity contribution in [1.29, 1.82) is 0 Å². The third-order valence-corrected chi connectivity index (χ3v) is 4.78. The first-order valence-corrected chi connectivity index (χ1v) is 7.69. The number of benzene rings is 1. The molecule has 1 aromatic carbocycles. The lowest BCUT2D eigenvalue weighted by Crippen LogP contribution is -2.56. The molecular weight excluding hydrogens is 264 g/mol. The van der Waals surface area contributed by atoms with Gasteiger partial charge in [-0.3, -0.25) is 9.59 Å². The molecule has 2 saturated heterocycles. The van der Waals surface area contributed by atoms with Crippen LogP contribution in [0.4, 0.5) is 0 Å². The Labute approximate surface area is 125 Å². The number of carbonyl (C=O) groups is 2. The van der Waals surface area contributed by atoms with Crippen LogP contribution in [-0.4, -0.2) is 47.3 Å². The molecule has 2 fully saturated rings. The van der Waals surface area contributed by atoms with Gasteiger partial charge in [0.2, 0.25) is 11.8 Å². The highest BCUT2D eigenvalue weighted by molar-refractivity contribution is 5.84. The van der Waals surface area contributed by atoms with Gasteiger partial charge in [-0.1, -0.05) is 30.3 Å². The van der Waals surface area contributed by atoms with E-state index in [2.05, 4.69) is 0 Å². The van der Waals surface area contributed by atoms with Crippen LogP contribution in [0.25, 0.3) is 0 Å². The smallest absolute Gasteiger partial charge is 0.227 e. The zero-order valence-electron chi connectivity index (χ0n) is 12.5. The summed E-state index contributed by atoms with van der Waals surface area (Å²) in [4.78, 5) is 28.5. The molecule has 1 spiro atoms. The zero-order chi connectivity index (χ0) is 14.9. The van der Waals surface area contributed by atoms with Crippen LogP contribution in [0.2, 0.25) is 0 Å². The molecule has 2 aliphatic rings. The maximum Gasteiger partial charge on any atom is 0.227 e. The summed E-state index contributed by atoms with van der Waals surface area (Å²) < 4.78 is 0. The molecule has 112 valence electrons. The monoisotopic (exact) mass is 286 g/mol. The van der Waals surface area contributed by atoms with Gasteiger partial charge >= 0.3 is 0 Å². The van der Waals surface area contributed by atoms with Gasteiger partial charge in [0, 0.05) is 20.1 Å². The van der Waals surface area contributed by atoms with E-state index < -0.39 is 0 Å². The second-order valence-electron chi connectivity index (χ2n) is 6.32. The molecule has 1 unspecified atom stereocenters. The van der Waals surface area contributed by atoms with Crippen molar-refractivity contribution < 1.29 is 9.59 Å². The molecule has 0 bridgehead atoms. The Bertz CT molecular complexity index is 543. The molecule has 0 saturated carbocycles. The normalized spacial score (nSPS) is 25.7. The van der Waals surface area contributed by atoms with Crippen LogP contribution in [0.15, 0.2) is 30.3 Å². The first-order chi connectivity index (χ1) is 10.1. The average molecular weight is 286 g/mol. The highest BCUT2D eigenvalue weighted by Gasteiger charge is 2.48. The van der Waals surface area contributed by atoms with Crippen molar-refractivity contribution >= 4 is 11.8 Å². The van der Waals surface area contributed by atoms with E-state index >= 15 is 0 Å². The van der Waals surface area contributed by atoms with Crippen LogP contribution in [-0.2, 0) is 16.0 Å². The van der Waals surface area contributed by atoms with E-state index in [1.807, 2.05) is 42.3 Å². The van der Waals surface area contributed by atoms with Crippen LogP contribution >= 0.6 is 0 Å². The highest BCUT2D eigenvalue weighted by atomic mass is 16.2. The fourth-order valence-electron chi connectivity index (χ4n) is 3.70. The van der Waals surface area contributed by atoms with E-state index in [1.54, 1.807) is 4.90 Å². The average Bonchev–Trinajstić information content (AvgIpc) is 2.75. The number of likely N-dealkylation sites (N-methyl/N-ethyl adjacent to an activating group) is 1. The summed E-state index contributed by atoms with van der Waals surface area (Å²) in [5.74, 6) is 0.318. The Morgan fingerprint density at radius 2 is 2.00 bits per heavy atom. The van der Waals surface area contributed by atoms with Crippen molar-refractivity contribution in [3.63, 3.8) is 0 Å². The van der Waals surface area contributed by atoms with Gasteiger partial charge in [-0.15, -0.1) is 0 Å². The molecule has 4 heteroatoms. The van der Waals surface area contributed by atoms with Crippen molar-refractivity contribution in [3.05, 3.63) is 35.9 Å². The van der Waals surface area contributed by atoms with Crippen LogP contribution < -0.4 is 0 Å². The lowest BCUT2D eigenvalue weighted by atomic mass is 9.85. The van der Waals surface area contributed by atoms with E-state index in [1.165, 1.54) is 0 Å². The molecular formula is C17H22N2O2. The highest BCUT2D eigenvalue weighted by Crippen LogP contribution is 2.37. The third kappa shape index (κ3) is 2.67. The summed E-state index contributed by atoms with van der Waals surface area (Å²) in [6, 6.07) is 9.85. The maximum atomic E-state index is 12.7. The van der Waals surface area contributed by atoms with Gasteiger partial charge in [0.15, 0.2) is 0 Å². The molecule has 2 amide bonds. The van der Waals surface area contributed by atoms with Crippen LogP contribution in [0, 0.1) is 0 Å². The number of rotatable bonds is 2. The van der Waals surface area contributed by atoms with E-state index in [9.17, 15) is 9.59 Å². The molecule has 1 atom stereocenters. The second-order valence-corrected chi connectivity index (χ2v) is 6.32. The van der Waals surface area contributed by atoms with Crippen molar-refractivity contribution in [2.75, 3.05) is 20.1 Å². The standard InChI is InChI=1S/C17H22N2O2/c1-18-13-17(12-16(18)21)9-5-6-10-19(17)15(20)11-14-7-3-2-4-8-14/h2-4,7-8H,5-6,9-13H2,1H3. The Balaban J connectivity index is 1.78.